The minimum Gasteiger partial charge on any atom is -0.398 e. The van der Waals surface area contributed by atoms with Gasteiger partial charge in [-0.25, -0.2) is 0 Å². The largest absolute Gasteiger partial charge is 0.398 e. The van der Waals surface area contributed by atoms with E-state index in [1.54, 1.807) is 6.20 Å². The summed E-state index contributed by atoms with van der Waals surface area (Å²) in [5, 5.41) is 5.05. The third-order valence-corrected chi connectivity index (χ3v) is 3.89. The summed E-state index contributed by atoms with van der Waals surface area (Å²) in [6, 6.07) is 13.6. The summed E-state index contributed by atoms with van der Waals surface area (Å²) in [4.78, 5) is 4.46. The molecule has 0 fully saturated rings. The third kappa shape index (κ3) is 3.12. The highest BCUT2D eigenvalue weighted by molar-refractivity contribution is 9.10. The fraction of sp³-hybridized carbons (Fsp3) is 0.0625. The molecule has 0 unspecified atom stereocenters. The summed E-state index contributed by atoms with van der Waals surface area (Å²) in [5.41, 5.74) is 9.66. The van der Waals surface area contributed by atoms with Crippen molar-refractivity contribution < 1.29 is 0 Å². The van der Waals surface area contributed by atoms with Gasteiger partial charge in [0.15, 0.2) is 0 Å². The standard InChI is InChI=1S/C16H13BrClN3/c17-11-7-13-14(19)4-5-15(16(13)21-9-11)20-8-10-2-1-3-12(18)6-10/h1-7,9,20H,8,19H2. The second-order valence-electron chi connectivity index (χ2n) is 4.74. The van der Waals surface area contributed by atoms with E-state index in [1.165, 1.54) is 0 Å². The van der Waals surface area contributed by atoms with Crippen molar-refractivity contribution in [1.29, 1.82) is 0 Å². The summed E-state index contributed by atoms with van der Waals surface area (Å²) in [6.07, 6.45) is 1.77. The predicted molar refractivity (Wildman–Crippen MR) is 92.6 cm³/mol. The maximum absolute atomic E-state index is 6.02. The Kier molecular flexibility index (Phi) is 3.99. The van der Waals surface area contributed by atoms with Gasteiger partial charge in [0.2, 0.25) is 0 Å². The van der Waals surface area contributed by atoms with Gasteiger partial charge < -0.3 is 11.1 Å². The molecule has 0 atom stereocenters. The number of benzene rings is 2. The Morgan fingerprint density at radius 3 is 2.86 bits per heavy atom. The Bertz CT molecular complexity index is 805. The molecule has 0 saturated heterocycles. The lowest BCUT2D eigenvalue weighted by Crippen LogP contribution is -2.01. The first-order chi connectivity index (χ1) is 10.1. The predicted octanol–water partition coefficient (Wildman–Crippen LogP) is 4.85. The van der Waals surface area contributed by atoms with Crippen LogP contribution in [0.1, 0.15) is 5.56 Å². The van der Waals surface area contributed by atoms with Gasteiger partial charge in [0.25, 0.3) is 0 Å². The van der Waals surface area contributed by atoms with Gasteiger partial charge in [-0.2, -0.15) is 0 Å². The Labute approximate surface area is 136 Å². The lowest BCUT2D eigenvalue weighted by Gasteiger charge is -2.11. The van der Waals surface area contributed by atoms with Gasteiger partial charge >= 0.3 is 0 Å². The van der Waals surface area contributed by atoms with Gasteiger partial charge in [0.05, 0.1) is 11.2 Å². The van der Waals surface area contributed by atoms with Crippen LogP contribution in [-0.4, -0.2) is 4.98 Å². The SMILES string of the molecule is Nc1ccc(NCc2cccc(Cl)c2)c2ncc(Br)cc12. The molecule has 0 aliphatic carbocycles. The minimum absolute atomic E-state index is 0.678. The van der Waals surface area contributed by atoms with E-state index in [4.69, 9.17) is 17.3 Å². The van der Waals surface area contributed by atoms with E-state index in [2.05, 4.69) is 26.2 Å². The number of rotatable bonds is 3. The smallest absolute Gasteiger partial charge is 0.0954 e. The average molecular weight is 363 g/mol. The molecular weight excluding hydrogens is 350 g/mol. The van der Waals surface area contributed by atoms with Crippen LogP contribution in [0.15, 0.2) is 53.1 Å². The lowest BCUT2D eigenvalue weighted by molar-refractivity contribution is 1.15. The molecule has 0 bridgehead atoms. The summed E-state index contributed by atoms with van der Waals surface area (Å²) >= 11 is 9.42. The van der Waals surface area contributed by atoms with E-state index in [1.807, 2.05) is 42.5 Å². The van der Waals surface area contributed by atoms with Crippen LogP contribution in [0.2, 0.25) is 5.02 Å². The van der Waals surface area contributed by atoms with E-state index in [9.17, 15) is 0 Å². The molecule has 3 nitrogen and oxygen atoms in total. The van der Waals surface area contributed by atoms with Crippen molar-refractivity contribution in [2.24, 2.45) is 0 Å². The van der Waals surface area contributed by atoms with E-state index in [0.29, 0.717) is 12.2 Å². The summed E-state index contributed by atoms with van der Waals surface area (Å²) in [5.74, 6) is 0. The van der Waals surface area contributed by atoms with Crippen molar-refractivity contribution in [1.82, 2.24) is 4.98 Å². The molecule has 1 heterocycles. The first-order valence-corrected chi connectivity index (χ1v) is 7.62. The molecule has 106 valence electrons. The average Bonchev–Trinajstić information content (AvgIpc) is 2.47. The number of nitrogens with zero attached hydrogens (tertiary/aromatic N) is 1. The molecule has 2 aromatic carbocycles. The maximum Gasteiger partial charge on any atom is 0.0954 e. The summed E-state index contributed by atoms with van der Waals surface area (Å²) in [7, 11) is 0. The number of pyridine rings is 1. The molecule has 3 aromatic rings. The Morgan fingerprint density at radius 2 is 2.05 bits per heavy atom. The zero-order chi connectivity index (χ0) is 14.8. The fourth-order valence-corrected chi connectivity index (χ4v) is 2.75. The van der Waals surface area contributed by atoms with E-state index >= 15 is 0 Å². The van der Waals surface area contributed by atoms with Crippen molar-refractivity contribution >= 4 is 49.8 Å². The monoisotopic (exact) mass is 361 g/mol. The van der Waals surface area contributed by atoms with Crippen LogP contribution in [0.4, 0.5) is 11.4 Å². The van der Waals surface area contributed by atoms with Crippen LogP contribution in [0.5, 0.6) is 0 Å². The Balaban J connectivity index is 1.92. The van der Waals surface area contributed by atoms with Crippen molar-refractivity contribution in [2.75, 3.05) is 11.1 Å². The van der Waals surface area contributed by atoms with Crippen LogP contribution in [0.3, 0.4) is 0 Å². The fourth-order valence-electron chi connectivity index (χ4n) is 2.20. The number of hydrogen-bond acceptors (Lipinski definition) is 3. The first kappa shape index (κ1) is 14.2. The van der Waals surface area contributed by atoms with Gasteiger partial charge in [-0.15, -0.1) is 0 Å². The molecule has 0 aliphatic heterocycles. The summed E-state index contributed by atoms with van der Waals surface area (Å²) < 4.78 is 0.911. The molecule has 0 aliphatic rings. The van der Waals surface area contributed by atoms with Crippen molar-refractivity contribution in [3.63, 3.8) is 0 Å². The van der Waals surface area contributed by atoms with Crippen LogP contribution >= 0.6 is 27.5 Å². The van der Waals surface area contributed by atoms with Gasteiger partial charge in [0.1, 0.15) is 0 Å². The van der Waals surface area contributed by atoms with Crippen LogP contribution in [0, 0.1) is 0 Å². The second-order valence-corrected chi connectivity index (χ2v) is 6.09. The van der Waals surface area contributed by atoms with E-state index < -0.39 is 0 Å². The Morgan fingerprint density at radius 1 is 1.19 bits per heavy atom. The molecule has 0 spiro atoms. The lowest BCUT2D eigenvalue weighted by atomic mass is 10.1. The van der Waals surface area contributed by atoms with Crippen molar-refractivity contribution in [3.05, 3.63) is 63.7 Å². The second kappa shape index (κ2) is 5.92. The highest BCUT2D eigenvalue weighted by Gasteiger charge is 2.06. The van der Waals surface area contributed by atoms with E-state index in [-0.39, 0.29) is 0 Å². The number of fused-ring (bicyclic) bond motifs is 1. The maximum atomic E-state index is 6.02. The normalized spacial score (nSPS) is 10.8. The number of nitrogens with one attached hydrogen (secondary N) is 1. The first-order valence-electron chi connectivity index (χ1n) is 6.45. The minimum atomic E-state index is 0.678. The molecule has 1 aromatic heterocycles. The number of hydrogen-bond donors (Lipinski definition) is 2. The molecule has 0 radical (unpaired) electrons. The Hall–Kier alpha value is -1.78. The molecule has 0 saturated carbocycles. The number of aromatic nitrogens is 1. The van der Waals surface area contributed by atoms with Crippen LogP contribution < -0.4 is 11.1 Å². The number of nitrogen functional groups attached to an aromatic ring is 1. The molecule has 3 rings (SSSR count). The highest BCUT2D eigenvalue weighted by atomic mass is 79.9. The molecule has 21 heavy (non-hydrogen) atoms. The topological polar surface area (TPSA) is 50.9 Å². The van der Waals surface area contributed by atoms with Crippen LogP contribution in [0.25, 0.3) is 10.9 Å². The number of anilines is 2. The molecule has 3 N–H and O–H groups in total. The van der Waals surface area contributed by atoms with Gasteiger partial charge in [-0.1, -0.05) is 23.7 Å². The van der Waals surface area contributed by atoms with E-state index in [0.717, 1.165) is 31.6 Å². The molecule has 5 heteroatoms. The summed E-state index contributed by atoms with van der Waals surface area (Å²) in [6.45, 7) is 0.678. The zero-order valence-electron chi connectivity index (χ0n) is 11.1. The zero-order valence-corrected chi connectivity index (χ0v) is 13.4. The van der Waals surface area contributed by atoms with Crippen LogP contribution in [-0.2, 0) is 6.54 Å². The number of nitrogens with two attached hydrogens (primary N) is 1. The quantitative estimate of drug-likeness (QED) is 0.655. The van der Waals surface area contributed by atoms with Gasteiger partial charge in [0, 0.05) is 33.3 Å². The molecular formula is C16H13BrClN3. The van der Waals surface area contributed by atoms with Crippen molar-refractivity contribution in [3.8, 4) is 0 Å². The number of halogens is 2. The van der Waals surface area contributed by atoms with Gasteiger partial charge in [-0.05, 0) is 51.8 Å². The van der Waals surface area contributed by atoms with Crippen molar-refractivity contribution in [2.45, 2.75) is 6.54 Å². The third-order valence-electron chi connectivity index (χ3n) is 3.22. The molecule has 0 amide bonds. The van der Waals surface area contributed by atoms with Gasteiger partial charge in [-0.3, -0.25) is 4.98 Å². The highest BCUT2D eigenvalue weighted by Crippen LogP contribution is 2.29.